The van der Waals surface area contributed by atoms with Crippen molar-refractivity contribution in [2.45, 2.75) is 13.3 Å². The van der Waals surface area contributed by atoms with E-state index in [4.69, 9.17) is 0 Å². The topological polar surface area (TPSA) is 91.4 Å². The molecule has 114 valence electrons. The van der Waals surface area contributed by atoms with Crippen molar-refractivity contribution in [1.29, 1.82) is 0 Å². The van der Waals surface area contributed by atoms with Crippen molar-refractivity contribution in [3.8, 4) is 0 Å². The minimum Gasteiger partial charge on any atom is -0.469 e. The molecule has 0 spiro atoms. The maximum absolute atomic E-state index is 11.7. The van der Waals surface area contributed by atoms with Gasteiger partial charge >= 0.3 is 5.97 Å². The minimum atomic E-state index is -0.696. The van der Waals surface area contributed by atoms with Gasteiger partial charge in [-0.2, -0.15) is 0 Å². The van der Waals surface area contributed by atoms with Gasteiger partial charge in [-0.15, -0.1) is 0 Å². The lowest BCUT2D eigenvalue weighted by atomic mass is 10.1. The van der Waals surface area contributed by atoms with Crippen molar-refractivity contribution in [2.75, 3.05) is 7.11 Å². The molecule has 0 atom stereocenters. The fraction of sp³-hybridized carbons (Fsp3) is 0.200. The Morgan fingerprint density at radius 1 is 1.36 bits per heavy atom. The molecule has 2 rings (SSSR count). The molecule has 0 amide bonds. The highest BCUT2D eigenvalue weighted by molar-refractivity contribution is 5.97. The van der Waals surface area contributed by atoms with E-state index in [2.05, 4.69) is 4.74 Å². The van der Waals surface area contributed by atoms with Crippen LogP contribution in [0.5, 0.6) is 0 Å². The first kappa shape index (κ1) is 15.4. The van der Waals surface area contributed by atoms with Crippen LogP contribution >= 0.6 is 0 Å². The van der Waals surface area contributed by atoms with Gasteiger partial charge in [0.05, 0.1) is 17.5 Å². The molecule has 7 nitrogen and oxygen atoms in total. The first-order valence-electron chi connectivity index (χ1n) is 6.47. The summed E-state index contributed by atoms with van der Waals surface area (Å²) in [5.74, 6) is -0.898. The number of carbonyl (C=O) groups is 2. The smallest absolute Gasteiger partial charge is 0.316 e. The largest absolute Gasteiger partial charge is 0.469 e. The number of methoxy groups -OCH3 is 1. The first-order valence-corrected chi connectivity index (χ1v) is 6.47. The molecule has 1 aromatic carbocycles. The summed E-state index contributed by atoms with van der Waals surface area (Å²) >= 11 is 0. The second-order valence-corrected chi connectivity index (χ2v) is 4.64. The van der Waals surface area contributed by atoms with E-state index in [1.807, 2.05) is 0 Å². The zero-order valence-electron chi connectivity index (χ0n) is 12.1. The zero-order chi connectivity index (χ0) is 16.3. The number of carbonyl (C=O) groups excluding carboxylic acids is 2. The normalized spacial score (nSPS) is 11.5. The number of nitro groups is 1. The van der Waals surface area contributed by atoms with Gasteiger partial charge in [0.15, 0.2) is 0 Å². The van der Waals surface area contributed by atoms with Crippen molar-refractivity contribution >= 4 is 28.9 Å². The van der Waals surface area contributed by atoms with Crippen molar-refractivity contribution in [1.82, 2.24) is 4.57 Å². The summed E-state index contributed by atoms with van der Waals surface area (Å²) in [7, 11) is 1.17. The molecule has 0 N–H and O–H groups in total. The number of fused-ring (bicyclic) bond motifs is 1. The molecule has 22 heavy (non-hydrogen) atoms. The third-order valence-electron chi connectivity index (χ3n) is 3.19. The third kappa shape index (κ3) is 3.03. The predicted molar refractivity (Wildman–Crippen MR) is 79.8 cm³/mol. The highest BCUT2D eigenvalue weighted by Gasteiger charge is 2.19. The van der Waals surface area contributed by atoms with Crippen LogP contribution in [-0.4, -0.2) is 28.5 Å². The fourth-order valence-corrected chi connectivity index (χ4v) is 2.15. The Kier molecular flexibility index (Phi) is 4.36. The SMILES string of the molecule is COC(=O)CC(=Cc1cn(C(C)=O)c2ccccc12)[N+](=O)[O-]. The van der Waals surface area contributed by atoms with Gasteiger partial charge in [-0.1, -0.05) is 18.2 Å². The van der Waals surface area contributed by atoms with E-state index in [-0.39, 0.29) is 11.6 Å². The number of hydrogen-bond donors (Lipinski definition) is 0. The van der Waals surface area contributed by atoms with Crippen LogP contribution in [0.4, 0.5) is 0 Å². The number of nitrogens with zero attached hydrogens (tertiary/aromatic N) is 2. The molecule has 0 saturated heterocycles. The van der Waals surface area contributed by atoms with Gasteiger partial charge in [-0.3, -0.25) is 24.3 Å². The van der Waals surface area contributed by atoms with Gasteiger partial charge in [0.25, 0.3) is 5.70 Å². The Hall–Kier alpha value is -2.96. The number of rotatable bonds is 4. The molecule has 7 heteroatoms. The standard InChI is InChI=1S/C15H14N2O5/c1-10(18)16-9-11(13-5-3-4-6-14(13)16)7-12(17(20)21)8-15(19)22-2/h3-7,9H,8H2,1-2H3. The van der Waals surface area contributed by atoms with Gasteiger partial charge in [0.2, 0.25) is 5.91 Å². The van der Waals surface area contributed by atoms with Crippen molar-refractivity contribution < 1.29 is 19.2 Å². The molecule has 2 aromatic rings. The molecule has 0 bridgehead atoms. The summed E-state index contributed by atoms with van der Waals surface area (Å²) < 4.78 is 5.87. The van der Waals surface area contributed by atoms with Crippen LogP contribution < -0.4 is 0 Å². The maximum Gasteiger partial charge on any atom is 0.316 e. The number of benzene rings is 1. The van der Waals surface area contributed by atoms with E-state index in [0.29, 0.717) is 16.5 Å². The fourth-order valence-electron chi connectivity index (χ4n) is 2.15. The average Bonchev–Trinajstić information content (AvgIpc) is 2.85. The third-order valence-corrected chi connectivity index (χ3v) is 3.19. The molecular weight excluding hydrogens is 288 g/mol. The molecular formula is C15H14N2O5. The van der Waals surface area contributed by atoms with Gasteiger partial charge in [0, 0.05) is 30.1 Å². The lowest BCUT2D eigenvalue weighted by molar-refractivity contribution is -0.425. The van der Waals surface area contributed by atoms with E-state index in [1.165, 1.54) is 30.9 Å². The van der Waals surface area contributed by atoms with E-state index >= 15 is 0 Å². The molecule has 0 saturated carbocycles. The van der Waals surface area contributed by atoms with Crippen molar-refractivity contribution in [3.63, 3.8) is 0 Å². The Bertz CT molecular complexity index is 788. The molecule has 0 aliphatic heterocycles. The van der Waals surface area contributed by atoms with Gasteiger partial charge < -0.3 is 4.74 Å². The highest BCUT2D eigenvalue weighted by atomic mass is 16.6. The maximum atomic E-state index is 11.7. The van der Waals surface area contributed by atoms with Crippen LogP contribution in [0.15, 0.2) is 36.2 Å². The summed E-state index contributed by atoms with van der Waals surface area (Å²) in [5, 5.41) is 11.8. The van der Waals surface area contributed by atoms with Gasteiger partial charge in [-0.25, -0.2) is 0 Å². The Morgan fingerprint density at radius 3 is 2.64 bits per heavy atom. The van der Waals surface area contributed by atoms with Crippen molar-refractivity contribution in [3.05, 3.63) is 51.8 Å². The molecule has 1 heterocycles. The number of ether oxygens (including phenoxy) is 1. The second kappa shape index (κ2) is 6.21. The number of para-hydroxylation sites is 1. The highest BCUT2D eigenvalue weighted by Crippen LogP contribution is 2.24. The lowest BCUT2D eigenvalue weighted by Crippen LogP contribution is -2.07. The molecule has 0 unspecified atom stereocenters. The summed E-state index contributed by atoms with van der Waals surface area (Å²) in [6.07, 6.45) is 2.37. The summed E-state index contributed by atoms with van der Waals surface area (Å²) in [5.41, 5.74) is 0.863. The van der Waals surface area contributed by atoms with Crippen LogP contribution in [0.3, 0.4) is 0 Å². The Balaban J connectivity index is 2.57. The van der Waals surface area contributed by atoms with Crippen LogP contribution in [0, 0.1) is 10.1 Å². The molecule has 0 aliphatic rings. The number of esters is 1. The van der Waals surface area contributed by atoms with Crippen LogP contribution in [0.2, 0.25) is 0 Å². The lowest BCUT2D eigenvalue weighted by Gasteiger charge is -1.98. The monoisotopic (exact) mass is 302 g/mol. The summed E-state index contributed by atoms with van der Waals surface area (Å²) in [4.78, 5) is 33.4. The number of aromatic nitrogens is 1. The van der Waals surface area contributed by atoms with Crippen molar-refractivity contribution in [2.24, 2.45) is 0 Å². The zero-order valence-corrected chi connectivity index (χ0v) is 12.1. The Labute approximate surface area is 125 Å². The summed E-state index contributed by atoms with van der Waals surface area (Å²) in [6.45, 7) is 1.41. The molecule has 0 fully saturated rings. The Morgan fingerprint density at radius 2 is 2.05 bits per heavy atom. The quantitative estimate of drug-likeness (QED) is 0.491. The van der Waals surface area contributed by atoms with E-state index in [1.54, 1.807) is 24.3 Å². The molecule has 0 aliphatic carbocycles. The van der Waals surface area contributed by atoms with Crippen LogP contribution in [0.1, 0.15) is 23.7 Å². The van der Waals surface area contributed by atoms with Gasteiger partial charge in [-0.05, 0) is 6.07 Å². The van der Waals surface area contributed by atoms with Crippen LogP contribution in [0.25, 0.3) is 17.0 Å². The number of hydrogen-bond acceptors (Lipinski definition) is 5. The second-order valence-electron chi connectivity index (χ2n) is 4.64. The van der Waals surface area contributed by atoms with E-state index < -0.39 is 17.3 Å². The van der Waals surface area contributed by atoms with Gasteiger partial charge in [0.1, 0.15) is 6.42 Å². The first-order chi connectivity index (χ1) is 10.4. The average molecular weight is 302 g/mol. The van der Waals surface area contributed by atoms with E-state index in [9.17, 15) is 19.7 Å². The predicted octanol–water partition coefficient (Wildman–Crippen LogP) is 2.48. The summed E-state index contributed by atoms with van der Waals surface area (Å²) in [6, 6.07) is 7.06. The minimum absolute atomic E-state index is 0.202. The van der Waals surface area contributed by atoms with E-state index in [0.717, 1.165) is 0 Å². The molecule has 0 radical (unpaired) electrons. The molecule has 1 aromatic heterocycles. The van der Waals surface area contributed by atoms with Crippen LogP contribution in [-0.2, 0) is 9.53 Å².